The molecule has 1 aliphatic rings. The molecule has 0 bridgehead atoms. The highest BCUT2D eigenvalue weighted by Gasteiger charge is 2.34. The number of rotatable bonds is 12. The molecule has 1 aliphatic heterocycles. The van der Waals surface area contributed by atoms with E-state index in [1.165, 1.54) is 16.7 Å². The van der Waals surface area contributed by atoms with Crippen LogP contribution in [0.3, 0.4) is 0 Å². The first-order valence-electron chi connectivity index (χ1n) is 11.5. The molecule has 4 N–H and O–H groups in total. The Labute approximate surface area is 213 Å². The second-order valence-corrected chi connectivity index (χ2v) is 9.25. The van der Waals surface area contributed by atoms with Crippen molar-refractivity contribution in [3.63, 3.8) is 0 Å². The fourth-order valence-electron chi connectivity index (χ4n) is 3.73. The summed E-state index contributed by atoms with van der Waals surface area (Å²) in [5, 5.41) is 24.5. The number of hydrogen-bond acceptors (Lipinski definition) is 7. The predicted molar refractivity (Wildman–Crippen MR) is 134 cm³/mol. The molecule has 0 radical (unpaired) electrons. The van der Waals surface area contributed by atoms with Crippen molar-refractivity contribution in [2.45, 2.75) is 42.8 Å². The molecule has 0 fully saturated rings. The van der Waals surface area contributed by atoms with E-state index >= 15 is 0 Å². The molecule has 2 aromatic carbocycles. The molecule has 36 heavy (non-hydrogen) atoms. The van der Waals surface area contributed by atoms with Gasteiger partial charge < -0.3 is 20.3 Å². The SMILES string of the molecule is O=C(O)CN1C(=O)[C@@H](NC(CCCCNC(=O)OCc2ccccc2)C(=O)O)CSc2ccccc21. The number of benzene rings is 2. The van der Waals surface area contributed by atoms with E-state index < -0.39 is 42.6 Å². The number of fused-ring (bicyclic) bond motifs is 1. The number of carbonyl (C=O) groups is 4. The van der Waals surface area contributed by atoms with E-state index in [9.17, 15) is 29.4 Å². The van der Waals surface area contributed by atoms with Crippen molar-refractivity contribution >= 4 is 41.4 Å². The summed E-state index contributed by atoms with van der Waals surface area (Å²) < 4.78 is 5.14. The molecule has 0 aromatic heterocycles. The zero-order chi connectivity index (χ0) is 25.9. The minimum absolute atomic E-state index is 0.161. The first-order valence-corrected chi connectivity index (χ1v) is 12.5. The van der Waals surface area contributed by atoms with Crippen LogP contribution in [0.25, 0.3) is 0 Å². The number of thioether (sulfide) groups is 1. The number of nitrogens with zero attached hydrogens (tertiary/aromatic N) is 1. The van der Waals surface area contributed by atoms with Crippen molar-refractivity contribution in [3.8, 4) is 0 Å². The van der Waals surface area contributed by atoms with Gasteiger partial charge in [-0.2, -0.15) is 0 Å². The number of hydrogen-bond donors (Lipinski definition) is 4. The van der Waals surface area contributed by atoms with Crippen LogP contribution in [0, 0.1) is 0 Å². The third kappa shape index (κ3) is 7.99. The highest BCUT2D eigenvalue weighted by molar-refractivity contribution is 7.99. The van der Waals surface area contributed by atoms with E-state index in [-0.39, 0.29) is 18.8 Å². The molecule has 0 aliphatic carbocycles. The van der Waals surface area contributed by atoms with Gasteiger partial charge in [0.15, 0.2) is 0 Å². The standard InChI is InChI=1S/C25H29N3O7S/c29-22(30)14-28-20-11-4-5-12-21(20)36-16-19(23(28)31)27-18(24(32)33)10-6-7-13-26-25(34)35-15-17-8-2-1-3-9-17/h1-5,8-9,11-12,18-19,27H,6-7,10,13-16H2,(H,26,34)(H,29,30)(H,32,33)/t18?,19-/m0/s1. The van der Waals surface area contributed by atoms with Crippen LogP contribution in [0.5, 0.6) is 0 Å². The van der Waals surface area contributed by atoms with Gasteiger partial charge in [-0.15, -0.1) is 11.8 Å². The van der Waals surface area contributed by atoms with Gasteiger partial charge in [-0.05, 0) is 37.0 Å². The minimum atomic E-state index is -1.16. The van der Waals surface area contributed by atoms with Gasteiger partial charge in [0.05, 0.1) is 11.7 Å². The summed E-state index contributed by atoms with van der Waals surface area (Å²) in [6.07, 6.45) is 0.688. The van der Waals surface area contributed by atoms with E-state index in [4.69, 9.17) is 4.74 Å². The van der Waals surface area contributed by atoms with Crippen LogP contribution >= 0.6 is 11.8 Å². The molecule has 1 unspecified atom stereocenters. The van der Waals surface area contributed by atoms with Crippen LogP contribution < -0.4 is 15.5 Å². The summed E-state index contributed by atoms with van der Waals surface area (Å²) in [5.74, 6) is -2.48. The molecular formula is C25H29N3O7S. The first-order chi connectivity index (χ1) is 17.3. The lowest BCUT2D eigenvalue weighted by atomic mass is 10.1. The Morgan fingerprint density at radius 2 is 1.78 bits per heavy atom. The number of carboxylic acid groups (broad SMARTS) is 2. The topological polar surface area (TPSA) is 145 Å². The molecule has 10 nitrogen and oxygen atoms in total. The maximum atomic E-state index is 13.1. The smallest absolute Gasteiger partial charge is 0.407 e. The third-order valence-corrected chi connectivity index (χ3v) is 6.68. The summed E-state index contributed by atoms with van der Waals surface area (Å²) in [7, 11) is 0. The lowest BCUT2D eigenvalue weighted by molar-refractivity contribution is -0.140. The van der Waals surface area contributed by atoms with E-state index in [1.807, 2.05) is 30.3 Å². The molecule has 2 amide bonds. The number of amides is 2. The van der Waals surface area contributed by atoms with Gasteiger partial charge in [-0.1, -0.05) is 42.5 Å². The number of carbonyl (C=O) groups excluding carboxylic acids is 2. The van der Waals surface area contributed by atoms with Crippen molar-refractivity contribution in [2.75, 3.05) is 23.7 Å². The Bertz CT molecular complexity index is 1070. The van der Waals surface area contributed by atoms with E-state index in [1.54, 1.807) is 24.3 Å². The molecule has 1 heterocycles. The van der Waals surface area contributed by atoms with Gasteiger partial charge in [0.2, 0.25) is 5.91 Å². The van der Waals surface area contributed by atoms with Crippen LogP contribution in [-0.2, 0) is 25.7 Å². The molecule has 192 valence electrons. The van der Waals surface area contributed by atoms with Gasteiger partial charge in [0.25, 0.3) is 0 Å². The molecule has 3 rings (SSSR count). The quantitative estimate of drug-likeness (QED) is 0.314. The van der Waals surface area contributed by atoms with Crippen LogP contribution in [0.15, 0.2) is 59.5 Å². The Kier molecular flexibility index (Phi) is 10.1. The van der Waals surface area contributed by atoms with Gasteiger partial charge in [0, 0.05) is 17.2 Å². The maximum absolute atomic E-state index is 13.1. The van der Waals surface area contributed by atoms with Gasteiger partial charge in [-0.3, -0.25) is 24.6 Å². The van der Waals surface area contributed by atoms with Crippen molar-refractivity contribution in [3.05, 3.63) is 60.2 Å². The molecule has 0 saturated heterocycles. The fourth-order valence-corrected chi connectivity index (χ4v) is 4.82. The number of unbranched alkanes of at least 4 members (excludes halogenated alkanes) is 1. The lowest BCUT2D eigenvalue weighted by Gasteiger charge is -2.26. The number of aliphatic carboxylic acids is 2. The molecule has 2 atom stereocenters. The summed E-state index contributed by atoms with van der Waals surface area (Å²) in [4.78, 5) is 50.2. The summed E-state index contributed by atoms with van der Waals surface area (Å²) in [5.41, 5.74) is 1.37. The minimum Gasteiger partial charge on any atom is -0.480 e. The predicted octanol–water partition coefficient (Wildman–Crippen LogP) is 2.72. The molecule has 11 heteroatoms. The lowest BCUT2D eigenvalue weighted by Crippen LogP contribution is -2.53. The second kappa shape index (κ2) is 13.5. The van der Waals surface area contributed by atoms with Crippen LogP contribution in [0.4, 0.5) is 10.5 Å². The molecular weight excluding hydrogens is 486 g/mol. The zero-order valence-corrected chi connectivity index (χ0v) is 20.4. The highest BCUT2D eigenvalue weighted by atomic mass is 32.2. The van der Waals surface area contributed by atoms with Crippen LogP contribution in [0.1, 0.15) is 24.8 Å². The van der Waals surface area contributed by atoms with Crippen molar-refractivity contribution in [1.29, 1.82) is 0 Å². The number of para-hydroxylation sites is 1. The molecule has 2 aromatic rings. The third-order valence-electron chi connectivity index (χ3n) is 5.52. The van der Waals surface area contributed by atoms with Gasteiger partial charge in [0.1, 0.15) is 19.2 Å². The van der Waals surface area contributed by atoms with Crippen LogP contribution in [0.2, 0.25) is 0 Å². The van der Waals surface area contributed by atoms with Crippen molar-refractivity contribution in [2.24, 2.45) is 0 Å². The Morgan fingerprint density at radius 3 is 2.50 bits per heavy atom. The summed E-state index contributed by atoms with van der Waals surface area (Å²) >= 11 is 1.37. The van der Waals surface area contributed by atoms with E-state index in [0.29, 0.717) is 25.1 Å². The second-order valence-electron chi connectivity index (χ2n) is 8.19. The molecule has 0 saturated carbocycles. The monoisotopic (exact) mass is 515 g/mol. The van der Waals surface area contributed by atoms with E-state index in [2.05, 4.69) is 10.6 Å². The Morgan fingerprint density at radius 1 is 1.06 bits per heavy atom. The Hall–Kier alpha value is -3.57. The number of anilines is 1. The maximum Gasteiger partial charge on any atom is 0.407 e. The summed E-state index contributed by atoms with van der Waals surface area (Å²) in [6.45, 7) is -0.0356. The first kappa shape index (κ1) is 27.0. The average molecular weight is 516 g/mol. The number of ether oxygens (including phenoxy) is 1. The van der Waals surface area contributed by atoms with Crippen molar-refractivity contribution in [1.82, 2.24) is 10.6 Å². The Balaban J connectivity index is 1.48. The number of carboxylic acids is 2. The fraction of sp³-hybridized carbons (Fsp3) is 0.360. The highest BCUT2D eigenvalue weighted by Crippen LogP contribution is 2.34. The largest absolute Gasteiger partial charge is 0.480 e. The van der Waals surface area contributed by atoms with E-state index in [0.717, 1.165) is 10.5 Å². The zero-order valence-electron chi connectivity index (χ0n) is 19.6. The van der Waals surface area contributed by atoms with Gasteiger partial charge >= 0.3 is 18.0 Å². The number of nitrogens with one attached hydrogen (secondary N) is 2. The molecule has 0 spiro atoms. The van der Waals surface area contributed by atoms with Crippen molar-refractivity contribution < 1.29 is 34.1 Å². The normalized spacial score (nSPS) is 15.9. The average Bonchev–Trinajstić information content (AvgIpc) is 2.99. The van der Waals surface area contributed by atoms with Gasteiger partial charge in [-0.25, -0.2) is 4.79 Å². The number of alkyl carbamates (subject to hydrolysis) is 1. The summed E-state index contributed by atoms with van der Waals surface area (Å²) in [6, 6.07) is 14.4. The van der Waals surface area contributed by atoms with Crippen LogP contribution in [-0.4, -0.2) is 65.1 Å².